The zero-order valence-electron chi connectivity index (χ0n) is 10.7. The quantitative estimate of drug-likeness (QED) is 0.504. The molecule has 0 fully saturated rings. The van der Waals surface area contributed by atoms with Gasteiger partial charge < -0.3 is 0 Å². The third-order valence-electron chi connectivity index (χ3n) is 2.69. The van der Waals surface area contributed by atoms with Crippen molar-refractivity contribution < 1.29 is 7.87 Å². The number of unbranched alkanes of at least 4 members (excludes halogenated alkanes) is 1. The van der Waals surface area contributed by atoms with Crippen molar-refractivity contribution in [1.82, 2.24) is 0 Å². The van der Waals surface area contributed by atoms with Gasteiger partial charge in [0.25, 0.3) is 0 Å². The van der Waals surface area contributed by atoms with Crippen molar-refractivity contribution in [3.8, 4) is 6.07 Å². The first-order valence-electron chi connectivity index (χ1n) is 6.16. The molecule has 4 heteroatoms. The first-order valence-corrected chi connectivity index (χ1v) is 13.4. The molecule has 92 valence electrons. The molecule has 0 amide bonds. The summed E-state index contributed by atoms with van der Waals surface area (Å²) in [5.41, 5.74) is 0. The zero-order chi connectivity index (χ0) is 12.4. The Morgan fingerprint density at radius 1 is 1.25 bits per heavy atom. The summed E-state index contributed by atoms with van der Waals surface area (Å²) >= 11 is -2.70. The molecular weight excluding hydrogens is 309 g/mol. The van der Waals surface area contributed by atoms with Gasteiger partial charge in [-0.15, -0.1) is 0 Å². The predicted octanol–water partition coefficient (Wildman–Crippen LogP) is 3.62. The van der Waals surface area contributed by atoms with Crippen molar-refractivity contribution in [3.63, 3.8) is 0 Å². The molecule has 0 radical (unpaired) electrons. The van der Waals surface area contributed by atoms with Crippen molar-refractivity contribution in [2.45, 2.75) is 59.8 Å². The van der Waals surface area contributed by atoms with Crippen LogP contribution in [0.1, 0.15) is 46.5 Å². The molecule has 0 aromatic carbocycles. The Morgan fingerprint density at radius 3 is 2.19 bits per heavy atom. The Labute approximate surface area is 104 Å². The Bertz CT molecular complexity index is 242. The van der Waals surface area contributed by atoms with E-state index in [0.29, 0.717) is 6.42 Å². The second-order valence-electron chi connectivity index (χ2n) is 4.29. The van der Waals surface area contributed by atoms with Crippen LogP contribution >= 0.6 is 0 Å². The summed E-state index contributed by atoms with van der Waals surface area (Å²) in [7, 11) is 0. The number of nitrogens with zero attached hydrogens (tertiary/aromatic N) is 1. The van der Waals surface area contributed by atoms with Gasteiger partial charge >= 0.3 is 104 Å². The van der Waals surface area contributed by atoms with E-state index in [9.17, 15) is 4.79 Å². The Hall–Kier alpha value is -0.241. The van der Waals surface area contributed by atoms with E-state index in [-0.39, 0.29) is 5.97 Å². The van der Waals surface area contributed by atoms with Gasteiger partial charge in [0, 0.05) is 0 Å². The summed E-state index contributed by atoms with van der Waals surface area (Å²) in [4.78, 5) is 11.2. The molecule has 0 saturated carbocycles. The van der Waals surface area contributed by atoms with E-state index in [4.69, 9.17) is 8.34 Å². The van der Waals surface area contributed by atoms with E-state index in [0.717, 1.165) is 32.6 Å². The van der Waals surface area contributed by atoms with Crippen LogP contribution in [0, 0.1) is 11.3 Å². The first-order chi connectivity index (χ1) is 7.60. The number of nitriles is 1. The minimum atomic E-state index is -2.70. The molecule has 0 unspecified atom stereocenters. The fraction of sp³-hybridized carbons (Fsp3) is 0.833. The molecule has 0 aliphatic carbocycles. The van der Waals surface area contributed by atoms with Gasteiger partial charge in [0.2, 0.25) is 0 Å². The van der Waals surface area contributed by atoms with Crippen LogP contribution in [0.25, 0.3) is 0 Å². The molecule has 0 heterocycles. The zero-order valence-corrected chi connectivity index (χ0v) is 13.6. The third kappa shape index (κ3) is 6.36. The van der Waals surface area contributed by atoms with Gasteiger partial charge in [-0.25, -0.2) is 0 Å². The summed E-state index contributed by atoms with van der Waals surface area (Å²) < 4.78 is 8.95. The van der Waals surface area contributed by atoms with E-state index in [2.05, 4.69) is 19.9 Å². The van der Waals surface area contributed by atoms with Crippen molar-refractivity contribution in [2.24, 2.45) is 0 Å². The van der Waals surface area contributed by atoms with Gasteiger partial charge in [-0.2, -0.15) is 0 Å². The average molecular weight is 332 g/mol. The minimum absolute atomic E-state index is 0.116. The van der Waals surface area contributed by atoms with E-state index in [1.807, 2.05) is 0 Å². The molecule has 0 spiro atoms. The topological polar surface area (TPSA) is 50.1 Å². The van der Waals surface area contributed by atoms with E-state index >= 15 is 0 Å². The summed E-state index contributed by atoms with van der Waals surface area (Å²) in [5.74, 6) is -0.116. The molecule has 0 rings (SSSR count). The second kappa shape index (κ2) is 8.86. The molecule has 0 aliphatic heterocycles. The van der Waals surface area contributed by atoms with Crippen LogP contribution in [0.4, 0.5) is 0 Å². The molecule has 0 aromatic rings. The van der Waals surface area contributed by atoms with E-state index < -0.39 is 18.8 Å². The number of hydrogen-bond acceptors (Lipinski definition) is 3. The number of carbonyl (C=O) groups is 1. The number of rotatable bonds is 8. The predicted molar refractivity (Wildman–Crippen MR) is 67.4 cm³/mol. The molecule has 0 aliphatic rings. The van der Waals surface area contributed by atoms with Gasteiger partial charge in [0.05, 0.1) is 0 Å². The average Bonchev–Trinajstić information content (AvgIpc) is 2.17. The fourth-order valence-corrected chi connectivity index (χ4v) is 14.5. The van der Waals surface area contributed by atoms with Crippen LogP contribution in [0.3, 0.4) is 0 Å². The Balaban J connectivity index is 4.50. The molecule has 0 aromatic heterocycles. The third-order valence-corrected chi connectivity index (χ3v) is 16.4. The van der Waals surface area contributed by atoms with Crippen LogP contribution in [0.5, 0.6) is 0 Å². The van der Waals surface area contributed by atoms with Gasteiger partial charge in [-0.05, 0) is 0 Å². The van der Waals surface area contributed by atoms with Crippen LogP contribution < -0.4 is 0 Å². The van der Waals surface area contributed by atoms with E-state index in [1.54, 1.807) is 0 Å². The SMILES string of the molecule is CC[CH2][Sn]([CH2]CC)([CH2]CCC#N)[O]C(C)=O. The van der Waals surface area contributed by atoms with Crippen LogP contribution in [-0.2, 0) is 7.87 Å². The maximum atomic E-state index is 11.2. The van der Waals surface area contributed by atoms with Crippen molar-refractivity contribution in [1.29, 1.82) is 5.26 Å². The molecule has 0 atom stereocenters. The van der Waals surface area contributed by atoms with Gasteiger partial charge in [0.1, 0.15) is 0 Å². The van der Waals surface area contributed by atoms with Crippen LogP contribution in [0.15, 0.2) is 0 Å². The van der Waals surface area contributed by atoms with Gasteiger partial charge in [-0.3, -0.25) is 0 Å². The Kier molecular flexibility index (Phi) is 8.73. The van der Waals surface area contributed by atoms with Crippen molar-refractivity contribution in [3.05, 3.63) is 0 Å². The standard InChI is InChI=1S/C4H6N.2C3H7.C2H4O2.Sn/c1-2-3-4-5;2*1-3-2;1-2(3)4;/h1-3H2;2*1,3H2,2H3;1H3,(H,3,4);/q;;;;+1/p-1. The molecule has 3 nitrogen and oxygen atoms in total. The molecular formula is C12H23NO2Sn. The van der Waals surface area contributed by atoms with Crippen LogP contribution in [-0.4, -0.2) is 24.8 Å². The monoisotopic (exact) mass is 333 g/mol. The molecule has 0 N–H and O–H groups in total. The van der Waals surface area contributed by atoms with Crippen molar-refractivity contribution >= 4 is 24.8 Å². The van der Waals surface area contributed by atoms with Crippen LogP contribution in [0.2, 0.25) is 13.3 Å². The molecule has 0 bridgehead atoms. The van der Waals surface area contributed by atoms with Crippen molar-refractivity contribution in [2.75, 3.05) is 0 Å². The maximum absolute atomic E-state index is 11.2. The number of hydrogen-bond donors (Lipinski definition) is 0. The summed E-state index contributed by atoms with van der Waals surface area (Å²) in [6.45, 7) is 5.81. The number of carbonyl (C=O) groups excluding carboxylic acids is 1. The Morgan fingerprint density at radius 2 is 1.81 bits per heavy atom. The van der Waals surface area contributed by atoms with E-state index in [1.165, 1.54) is 6.92 Å². The first kappa shape index (κ1) is 15.8. The van der Waals surface area contributed by atoms with Gasteiger partial charge in [0.15, 0.2) is 0 Å². The summed E-state index contributed by atoms with van der Waals surface area (Å²) in [6.07, 6.45) is 3.68. The molecule has 16 heavy (non-hydrogen) atoms. The fourth-order valence-electron chi connectivity index (χ4n) is 2.23. The second-order valence-corrected chi connectivity index (χ2v) is 15.9. The summed E-state index contributed by atoms with van der Waals surface area (Å²) in [6, 6.07) is 2.17. The van der Waals surface area contributed by atoms with Gasteiger partial charge in [-0.1, -0.05) is 0 Å². The molecule has 0 saturated heterocycles. The summed E-state index contributed by atoms with van der Waals surface area (Å²) in [5, 5.41) is 8.57. The normalized spacial score (nSPS) is 10.9.